The van der Waals surface area contributed by atoms with Gasteiger partial charge in [0.25, 0.3) is 11.8 Å². The predicted octanol–water partition coefficient (Wildman–Crippen LogP) is 1.63. The summed E-state index contributed by atoms with van der Waals surface area (Å²) in [7, 11) is 0. The number of unbranched alkanes of at least 4 members (excludes halogenated alkanes) is 1. The number of amides is 4. The molecule has 10 heteroatoms. The van der Waals surface area contributed by atoms with E-state index in [9.17, 15) is 19.2 Å². The number of nitrogens with zero attached hydrogens (tertiary/aromatic N) is 1. The van der Waals surface area contributed by atoms with Crippen molar-refractivity contribution in [3.63, 3.8) is 0 Å². The average Bonchev–Trinajstić information content (AvgIpc) is 2.79. The van der Waals surface area contributed by atoms with Gasteiger partial charge < -0.3 is 26.5 Å². The summed E-state index contributed by atoms with van der Waals surface area (Å²) in [6.07, 6.45) is 3.84. The van der Waals surface area contributed by atoms with E-state index in [-0.39, 0.29) is 24.3 Å². The minimum Gasteiger partial charge on any atom is -0.391 e. The van der Waals surface area contributed by atoms with Crippen LogP contribution in [0.3, 0.4) is 0 Å². The number of carbonyl (C=O) groups is 4. The van der Waals surface area contributed by atoms with Gasteiger partial charge in [0.2, 0.25) is 11.8 Å². The summed E-state index contributed by atoms with van der Waals surface area (Å²) in [4.78, 5) is 52.3. The number of primary amides is 1. The number of nitrogens with two attached hydrogens (primary N) is 1. The Morgan fingerprint density at radius 3 is 2.56 bits per heavy atom. The molecule has 0 bridgehead atoms. The molecule has 10 nitrogen and oxygen atoms in total. The lowest BCUT2D eigenvalue weighted by Gasteiger charge is -2.16. The number of nitrogens with one attached hydrogen (secondary N) is 3. The third-order valence-electron chi connectivity index (χ3n) is 4.85. The lowest BCUT2D eigenvalue weighted by molar-refractivity contribution is -0.127. The molecule has 1 aromatic carbocycles. The Kier molecular flexibility index (Phi) is 13.6. The highest BCUT2D eigenvalue weighted by Gasteiger charge is 2.17. The van der Waals surface area contributed by atoms with E-state index in [4.69, 9.17) is 10.6 Å². The van der Waals surface area contributed by atoms with E-state index in [1.54, 1.807) is 31.2 Å². The predicted molar refractivity (Wildman–Crippen MR) is 130 cm³/mol. The Balaban J connectivity index is 2.37. The Labute approximate surface area is 201 Å². The maximum absolute atomic E-state index is 12.4. The van der Waals surface area contributed by atoms with Crippen molar-refractivity contribution in [2.24, 2.45) is 16.8 Å². The first-order chi connectivity index (χ1) is 16.2. The van der Waals surface area contributed by atoms with Crippen molar-refractivity contribution >= 4 is 29.8 Å². The Morgan fingerprint density at radius 1 is 1.12 bits per heavy atom. The molecule has 0 aromatic heterocycles. The van der Waals surface area contributed by atoms with Crippen LogP contribution in [0.25, 0.3) is 0 Å². The third kappa shape index (κ3) is 12.6. The average molecular weight is 476 g/mol. The molecule has 0 aliphatic rings. The molecule has 0 spiro atoms. The topological polar surface area (TPSA) is 152 Å². The quantitative estimate of drug-likeness (QED) is 0.163. The van der Waals surface area contributed by atoms with E-state index in [0.717, 1.165) is 18.2 Å². The molecule has 1 aromatic rings. The van der Waals surface area contributed by atoms with Crippen LogP contribution in [0.2, 0.25) is 0 Å². The number of rotatable bonds is 16. The van der Waals surface area contributed by atoms with Crippen LogP contribution in [0.5, 0.6) is 0 Å². The zero-order chi connectivity index (χ0) is 25.3. The fourth-order valence-corrected chi connectivity index (χ4v) is 2.97. The maximum atomic E-state index is 12.4. The first kappa shape index (κ1) is 28.6. The van der Waals surface area contributed by atoms with E-state index in [0.29, 0.717) is 50.3 Å². The molecular weight excluding hydrogens is 438 g/mol. The van der Waals surface area contributed by atoms with Crippen molar-refractivity contribution in [3.8, 4) is 0 Å². The molecule has 34 heavy (non-hydrogen) atoms. The molecule has 4 amide bonds. The first-order valence-corrected chi connectivity index (χ1v) is 11.6. The molecule has 0 saturated carbocycles. The molecule has 0 aliphatic heterocycles. The number of hydrogen-bond acceptors (Lipinski definition) is 6. The van der Waals surface area contributed by atoms with Crippen molar-refractivity contribution in [2.75, 3.05) is 13.1 Å². The molecule has 5 N–H and O–H groups in total. The maximum Gasteiger partial charge on any atom is 0.265 e. The molecular formula is C24H37N5O5. The highest BCUT2D eigenvalue weighted by Crippen LogP contribution is 2.08. The molecule has 0 aliphatic carbocycles. The number of oxime groups is 1. The summed E-state index contributed by atoms with van der Waals surface area (Å²) < 4.78 is 0. The van der Waals surface area contributed by atoms with E-state index in [1.807, 2.05) is 13.8 Å². The lowest BCUT2D eigenvalue weighted by Crippen LogP contribution is -2.44. The second-order valence-electron chi connectivity index (χ2n) is 8.31. The highest BCUT2D eigenvalue weighted by molar-refractivity contribution is 6.26. The van der Waals surface area contributed by atoms with Gasteiger partial charge in [-0.25, -0.2) is 0 Å². The van der Waals surface area contributed by atoms with Crippen molar-refractivity contribution < 1.29 is 24.0 Å². The molecule has 188 valence electrons. The molecule has 1 rings (SSSR count). The monoisotopic (exact) mass is 475 g/mol. The van der Waals surface area contributed by atoms with Gasteiger partial charge in [0, 0.05) is 25.1 Å². The molecule has 0 fully saturated rings. The highest BCUT2D eigenvalue weighted by atomic mass is 16.6. The first-order valence-electron chi connectivity index (χ1n) is 11.6. The van der Waals surface area contributed by atoms with Gasteiger partial charge in [-0.3, -0.25) is 19.2 Å². The summed E-state index contributed by atoms with van der Waals surface area (Å²) in [6, 6.07) is 6.19. The third-order valence-corrected chi connectivity index (χ3v) is 4.85. The Morgan fingerprint density at radius 2 is 1.88 bits per heavy atom. The van der Waals surface area contributed by atoms with E-state index >= 15 is 0 Å². The molecule has 0 saturated heterocycles. The number of hydrogen-bond donors (Lipinski definition) is 4. The Bertz CT molecular complexity index is 841. The fraction of sp³-hybridized carbons (Fsp3) is 0.542. The second kappa shape index (κ2) is 16.2. The van der Waals surface area contributed by atoms with E-state index in [1.165, 1.54) is 0 Å². The van der Waals surface area contributed by atoms with Gasteiger partial charge in [-0.1, -0.05) is 31.1 Å². The van der Waals surface area contributed by atoms with Gasteiger partial charge in [-0.2, -0.15) is 0 Å². The van der Waals surface area contributed by atoms with Gasteiger partial charge in [0.1, 0.15) is 18.9 Å². The van der Waals surface area contributed by atoms with Crippen LogP contribution in [-0.4, -0.2) is 49.0 Å². The minimum absolute atomic E-state index is 0.119. The molecule has 1 atom stereocenters. The van der Waals surface area contributed by atoms with Crippen LogP contribution < -0.4 is 21.7 Å². The van der Waals surface area contributed by atoms with Crippen LogP contribution in [0.1, 0.15) is 68.8 Å². The van der Waals surface area contributed by atoms with E-state index in [2.05, 4.69) is 21.1 Å². The summed E-state index contributed by atoms with van der Waals surface area (Å²) in [5.41, 5.74) is 6.61. The normalized spacial score (nSPS) is 11.8. The second-order valence-corrected chi connectivity index (χ2v) is 8.31. The summed E-state index contributed by atoms with van der Waals surface area (Å²) in [5, 5.41) is 11.7. The fourth-order valence-electron chi connectivity index (χ4n) is 2.97. The zero-order valence-corrected chi connectivity index (χ0v) is 20.3. The summed E-state index contributed by atoms with van der Waals surface area (Å²) in [6.45, 7) is 6.90. The summed E-state index contributed by atoms with van der Waals surface area (Å²) in [5.74, 6) is -0.907. The van der Waals surface area contributed by atoms with E-state index < -0.39 is 11.9 Å². The zero-order valence-electron chi connectivity index (χ0n) is 20.3. The standard InChI is InChI=1S/C24H37N5O5/c1-4-26-22(31)15-28-34-16-18-8-7-9-19(14-18)24(33)27-13-6-5-10-20(23(25)32)29-21(30)12-11-17(2)3/h7-9,14-15,17,20H,4-6,10-13,16H2,1-3H3,(H2,25,32)(H,26,31)(H,27,33)(H,29,30)/b28-15+/t20-/m0/s1. The van der Waals surface area contributed by atoms with Crippen LogP contribution >= 0.6 is 0 Å². The molecule has 0 unspecified atom stereocenters. The SMILES string of the molecule is CCNC(=O)/C=N/OCc1cccc(C(=O)NCCCC[C@H](NC(=O)CCC(C)C)C(N)=O)c1. The number of benzene rings is 1. The van der Waals surface area contributed by atoms with Crippen molar-refractivity contribution in [2.45, 2.75) is 65.5 Å². The number of carbonyl (C=O) groups excluding carboxylic acids is 4. The Hall–Kier alpha value is -3.43. The van der Waals surface area contributed by atoms with Crippen molar-refractivity contribution in [1.82, 2.24) is 16.0 Å². The van der Waals surface area contributed by atoms with Crippen molar-refractivity contribution in [1.29, 1.82) is 0 Å². The van der Waals surface area contributed by atoms with Crippen LogP contribution in [-0.2, 0) is 25.8 Å². The van der Waals surface area contributed by atoms with Gasteiger partial charge in [0.15, 0.2) is 0 Å². The molecule has 0 radical (unpaired) electrons. The van der Waals surface area contributed by atoms with Crippen LogP contribution in [0.4, 0.5) is 0 Å². The lowest BCUT2D eigenvalue weighted by atomic mass is 10.1. The van der Waals surface area contributed by atoms with Crippen molar-refractivity contribution in [3.05, 3.63) is 35.4 Å². The minimum atomic E-state index is -0.706. The molecule has 0 heterocycles. The largest absolute Gasteiger partial charge is 0.391 e. The smallest absolute Gasteiger partial charge is 0.265 e. The van der Waals surface area contributed by atoms with Gasteiger partial charge in [0.05, 0.1) is 0 Å². The van der Waals surface area contributed by atoms with Crippen LogP contribution in [0.15, 0.2) is 29.4 Å². The van der Waals surface area contributed by atoms with Gasteiger partial charge >= 0.3 is 0 Å². The summed E-state index contributed by atoms with van der Waals surface area (Å²) >= 11 is 0. The van der Waals surface area contributed by atoms with Gasteiger partial charge in [-0.15, -0.1) is 0 Å². The van der Waals surface area contributed by atoms with Crippen LogP contribution in [0, 0.1) is 5.92 Å². The van der Waals surface area contributed by atoms with Gasteiger partial charge in [-0.05, 0) is 56.2 Å².